The van der Waals surface area contributed by atoms with Crippen molar-refractivity contribution in [2.75, 3.05) is 32.7 Å². The number of aromatic amines is 1. The summed E-state index contributed by atoms with van der Waals surface area (Å²) in [5.41, 5.74) is 3.06. The standard InChI is InChI=1S/C17H25N5O13P2/c1-17-5-32-36(26,27)34-10-7(23)3-30-8(10)4-31-37(28,29-2)35-11(12(17)24)15(33-17)22-6-19-9-13(22)20-16(18)21-14(9)25/h6-8,10-12,15,23-24H,3-5H2,1-2H3,(H,26,27)(H3,18,20,21,25)/t7-,8+,10-,11+,12-,15+,17+,37?/m0/s1. The Kier molecular flexibility index (Phi) is 6.84. The van der Waals surface area contributed by atoms with Gasteiger partial charge in [-0.05, 0) is 6.92 Å². The molecule has 2 aromatic heterocycles. The quantitative estimate of drug-likeness (QED) is 0.266. The minimum absolute atomic E-state index is 0.0371. The van der Waals surface area contributed by atoms with Gasteiger partial charge in [-0.3, -0.25) is 32.0 Å². The molecule has 2 unspecified atom stereocenters. The van der Waals surface area contributed by atoms with Crippen LogP contribution in [0.4, 0.5) is 5.95 Å². The number of aliphatic hydroxyl groups is 2. The lowest BCUT2D eigenvalue weighted by Crippen LogP contribution is -2.44. The number of hydrogen-bond donors (Lipinski definition) is 5. The maximum absolute atomic E-state index is 13.4. The van der Waals surface area contributed by atoms with Gasteiger partial charge in [-0.2, -0.15) is 4.98 Å². The summed E-state index contributed by atoms with van der Waals surface area (Å²) in [5, 5.41) is 21.3. The van der Waals surface area contributed by atoms with Crippen molar-refractivity contribution < 1.29 is 56.3 Å². The van der Waals surface area contributed by atoms with Gasteiger partial charge in [-0.25, -0.2) is 14.1 Å². The number of anilines is 1. The highest BCUT2D eigenvalue weighted by Crippen LogP contribution is 2.56. The van der Waals surface area contributed by atoms with Crippen molar-refractivity contribution in [3.8, 4) is 0 Å². The molecule has 3 saturated heterocycles. The van der Waals surface area contributed by atoms with E-state index in [0.29, 0.717) is 0 Å². The fourth-order valence-electron chi connectivity index (χ4n) is 4.28. The average Bonchev–Trinajstić information content (AvgIpc) is 3.47. The van der Waals surface area contributed by atoms with E-state index in [1.807, 2.05) is 0 Å². The lowest BCUT2D eigenvalue weighted by Gasteiger charge is -2.29. The van der Waals surface area contributed by atoms with E-state index in [0.717, 1.165) is 7.11 Å². The van der Waals surface area contributed by atoms with E-state index >= 15 is 0 Å². The lowest BCUT2D eigenvalue weighted by atomic mass is 9.99. The van der Waals surface area contributed by atoms with Crippen LogP contribution < -0.4 is 11.3 Å². The minimum Gasteiger partial charge on any atom is -0.388 e. The monoisotopic (exact) mass is 569 g/mol. The molecule has 5 heterocycles. The average molecular weight is 569 g/mol. The molecule has 20 heteroatoms. The Morgan fingerprint density at radius 1 is 1.24 bits per heavy atom. The van der Waals surface area contributed by atoms with Crippen LogP contribution in [0.2, 0.25) is 0 Å². The molecule has 18 nitrogen and oxygen atoms in total. The predicted octanol–water partition coefficient (Wildman–Crippen LogP) is -1.22. The fourth-order valence-corrected chi connectivity index (χ4v) is 6.44. The van der Waals surface area contributed by atoms with Gasteiger partial charge in [0.2, 0.25) is 5.95 Å². The zero-order valence-corrected chi connectivity index (χ0v) is 21.2. The molecular formula is C17H25N5O13P2. The molecule has 3 aliphatic rings. The van der Waals surface area contributed by atoms with Crippen LogP contribution in [0.15, 0.2) is 11.1 Å². The first kappa shape index (κ1) is 26.8. The Hall–Kier alpha value is -1.79. The molecule has 0 aliphatic carbocycles. The van der Waals surface area contributed by atoms with Crippen LogP contribution in [0.25, 0.3) is 11.2 Å². The number of hydrogen-bond acceptors (Lipinski definition) is 15. The predicted molar refractivity (Wildman–Crippen MR) is 119 cm³/mol. The van der Waals surface area contributed by atoms with Crippen molar-refractivity contribution >= 4 is 32.8 Å². The van der Waals surface area contributed by atoms with Gasteiger partial charge >= 0.3 is 21.2 Å². The topological polar surface area (TPSA) is 249 Å². The zero-order chi connectivity index (χ0) is 26.8. The van der Waals surface area contributed by atoms with Gasteiger partial charge in [0.1, 0.15) is 41.8 Å². The molecule has 6 N–H and O–H groups in total. The minimum atomic E-state index is -4.85. The second-order valence-electron chi connectivity index (χ2n) is 8.79. The van der Waals surface area contributed by atoms with Crippen LogP contribution in [0.5, 0.6) is 0 Å². The van der Waals surface area contributed by atoms with Crippen LogP contribution in [0.1, 0.15) is 13.2 Å². The number of imidazole rings is 1. The van der Waals surface area contributed by atoms with Crippen LogP contribution in [-0.4, -0.2) is 97.7 Å². The number of H-pyrrole nitrogens is 1. The molecule has 3 fully saturated rings. The smallest absolute Gasteiger partial charge is 0.388 e. The Labute approximate surface area is 207 Å². The van der Waals surface area contributed by atoms with E-state index in [-0.39, 0.29) is 23.7 Å². The molecule has 2 bridgehead atoms. The summed E-state index contributed by atoms with van der Waals surface area (Å²) in [4.78, 5) is 32.7. The second-order valence-corrected chi connectivity index (χ2v) is 11.9. The number of nitrogen functional groups attached to an aromatic ring is 1. The highest BCUT2D eigenvalue weighted by molar-refractivity contribution is 7.48. The summed E-state index contributed by atoms with van der Waals surface area (Å²) in [6, 6.07) is 0. The number of nitrogens with zero attached hydrogens (tertiary/aromatic N) is 3. The molecular weight excluding hydrogens is 544 g/mol. The lowest BCUT2D eigenvalue weighted by molar-refractivity contribution is -0.117. The van der Waals surface area contributed by atoms with Gasteiger partial charge in [-0.1, -0.05) is 0 Å². The Bertz CT molecular complexity index is 1340. The summed E-state index contributed by atoms with van der Waals surface area (Å²) < 4.78 is 64.8. The summed E-state index contributed by atoms with van der Waals surface area (Å²) >= 11 is 0. The SMILES string of the molecule is COP1(=O)OC[C@H]2OC[C@H](O)[C@@H]2OP(=O)(O)OC[C@@]2(C)O[C@@H](n3cnc4c(=O)nc(N)[nH]c43)[C@H](O1)[C@@H]2O. The van der Waals surface area contributed by atoms with E-state index in [4.69, 9.17) is 37.8 Å². The number of aliphatic hydroxyl groups excluding tert-OH is 2. The maximum Gasteiger partial charge on any atom is 0.475 e. The molecule has 0 saturated carbocycles. The molecule has 2 aromatic rings. The van der Waals surface area contributed by atoms with Crippen molar-refractivity contribution in [3.63, 3.8) is 0 Å². The second kappa shape index (κ2) is 9.44. The number of nitrogens with two attached hydrogens (primary N) is 1. The first-order chi connectivity index (χ1) is 17.3. The molecule has 0 amide bonds. The first-order valence-electron chi connectivity index (χ1n) is 10.9. The number of phosphoric ester groups is 2. The number of fused-ring (bicyclic) bond motifs is 4. The molecule has 37 heavy (non-hydrogen) atoms. The molecule has 206 valence electrons. The largest absolute Gasteiger partial charge is 0.475 e. The van der Waals surface area contributed by atoms with Crippen molar-refractivity contribution in [1.29, 1.82) is 0 Å². The van der Waals surface area contributed by atoms with E-state index in [2.05, 4.69) is 15.0 Å². The van der Waals surface area contributed by atoms with Crippen molar-refractivity contribution in [2.45, 2.75) is 49.3 Å². The summed E-state index contributed by atoms with van der Waals surface area (Å²) in [6.07, 6.45) is -7.23. The first-order valence-corrected chi connectivity index (χ1v) is 13.8. The number of rotatable bonds is 2. The van der Waals surface area contributed by atoms with E-state index < -0.39 is 76.8 Å². The van der Waals surface area contributed by atoms with Gasteiger partial charge in [0.05, 0.1) is 26.1 Å². The molecule has 5 rings (SSSR count). The molecule has 0 radical (unpaired) electrons. The molecule has 0 spiro atoms. The fraction of sp³-hybridized carbons (Fsp3) is 0.706. The van der Waals surface area contributed by atoms with Crippen LogP contribution in [0, 0.1) is 0 Å². The third kappa shape index (κ3) is 4.89. The van der Waals surface area contributed by atoms with Gasteiger partial charge in [0, 0.05) is 7.11 Å². The normalized spacial score (nSPS) is 43.2. The van der Waals surface area contributed by atoms with E-state index in [1.54, 1.807) is 0 Å². The summed E-state index contributed by atoms with van der Waals surface area (Å²) in [5.74, 6) is -0.235. The Morgan fingerprint density at radius 3 is 2.73 bits per heavy atom. The molecule has 9 atom stereocenters. The van der Waals surface area contributed by atoms with Crippen LogP contribution in [-0.2, 0) is 41.2 Å². The van der Waals surface area contributed by atoms with Crippen LogP contribution >= 0.6 is 15.6 Å². The number of nitrogens with one attached hydrogen (secondary N) is 1. The molecule has 0 aromatic carbocycles. The van der Waals surface area contributed by atoms with Gasteiger partial charge < -0.3 is 35.3 Å². The van der Waals surface area contributed by atoms with Crippen molar-refractivity contribution in [2.24, 2.45) is 0 Å². The Balaban J connectivity index is 1.57. The third-order valence-electron chi connectivity index (χ3n) is 6.21. The summed E-state index contributed by atoms with van der Waals surface area (Å²) in [7, 11) is -8.28. The van der Waals surface area contributed by atoms with Crippen molar-refractivity contribution in [1.82, 2.24) is 19.5 Å². The van der Waals surface area contributed by atoms with Crippen molar-refractivity contribution in [3.05, 3.63) is 16.7 Å². The zero-order valence-electron chi connectivity index (χ0n) is 19.4. The van der Waals surface area contributed by atoms with E-state index in [9.17, 15) is 29.0 Å². The Morgan fingerprint density at radius 2 is 2.00 bits per heavy atom. The van der Waals surface area contributed by atoms with Gasteiger partial charge in [-0.15, -0.1) is 0 Å². The van der Waals surface area contributed by atoms with Gasteiger partial charge in [0.15, 0.2) is 11.7 Å². The van der Waals surface area contributed by atoms with Gasteiger partial charge in [0.25, 0.3) is 0 Å². The maximum atomic E-state index is 13.4. The number of aromatic nitrogens is 4. The molecule has 3 aliphatic heterocycles. The summed E-state index contributed by atoms with van der Waals surface area (Å²) in [6.45, 7) is -0.203. The highest BCUT2D eigenvalue weighted by atomic mass is 31.2. The van der Waals surface area contributed by atoms with Crippen LogP contribution in [0.3, 0.4) is 0 Å². The van der Waals surface area contributed by atoms with E-state index in [1.165, 1.54) is 17.8 Å². The highest BCUT2D eigenvalue weighted by Gasteiger charge is 2.58. The number of ether oxygens (including phenoxy) is 2. The third-order valence-corrected chi connectivity index (χ3v) is 8.59. The number of phosphoric acid groups is 2.